The number of fused-ring (bicyclic) bond motifs is 1. The second-order valence-electron chi connectivity index (χ2n) is 11.3. The Balaban J connectivity index is 1.62. The van der Waals surface area contributed by atoms with Gasteiger partial charge in [0.05, 0.1) is 11.2 Å². The molecule has 0 unspecified atom stereocenters. The van der Waals surface area contributed by atoms with Crippen LogP contribution in [0.3, 0.4) is 0 Å². The Morgan fingerprint density at radius 2 is 1.64 bits per heavy atom. The number of amidine groups is 1. The maximum absolute atomic E-state index is 5.13. The van der Waals surface area contributed by atoms with E-state index in [1.54, 1.807) is 0 Å². The zero-order chi connectivity index (χ0) is 24.1. The molecule has 0 aliphatic carbocycles. The Bertz CT molecular complexity index is 1180. The van der Waals surface area contributed by atoms with Gasteiger partial charge in [-0.1, -0.05) is 6.07 Å². The lowest BCUT2D eigenvalue weighted by Crippen LogP contribution is -2.62. The standard InChI is InChI=1S/C28H39N5/c1-18-12-22(21-10-11-25-23(14-21)17-32(8)30-25)13-19(2)26(18)29-20(3)33(9)24-15-27(4,5)31-28(6,7)16-24/h10-14,17,24,31H,15-16H2,1-9H3. The Morgan fingerprint density at radius 1 is 1.03 bits per heavy atom. The van der Waals surface area contributed by atoms with Crippen molar-refractivity contribution in [1.29, 1.82) is 0 Å². The molecule has 0 bridgehead atoms. The van der Waals surface area contributed by atoms with E-state index in [0.29, 0.717) is 6.04 Å². The first-order valence-corrected chi connectivity index (χ1v) is 12.0. The van der Waals surface area contributed by atoms with Gasteiger partial charge in [0.2, 0.25) is 0 Å². The molecule has 2 aromatic carbocycles. The highest BCUT2D eigenvalue weighted by molar-refractivity contribution is 5.86. The number of benzene rings is 2. The second-order valence-corrected chi connectivity index (χ2v) is 11.3. The topological polar surface area (TPSA) is 45.5 Å². The van der Waals surface area contributed by atoms with Crippen molar-refractivity contribution < 1.29 is 0 Å². The molecule has 3 aromatic rings. The summed E-state index contributed by atoms with van der Waals surface area (Å²) in [6, 6.07) is 11.5. The molecule has 176 valence electrons. The normalized spacial score (nSPS) is 18.6. The van der Waals surface area contributed by atoms with Crippen LogP contribution in [0.2, 0.25) is 0 Å². The first-order chi connectivity index (χ1) is 15.3. The SMILES string of the molecule is CC(=Nc1c(C)cc(-c2ccc3nn(C)cc3c2)cc1C)N(C)C1CC(C)(C)NC(C)(C)C1. The molecule has 0 spiro atoms. The minimum absolute atomic E-state index is 0.115. The number of rotatable bonds is 3. The van der Waals surface area contributed by atoms with Crippen LogP contribution in [0, 0.1) is 13.8 Å². The molecule has 0 atom stereocenters. The molecule has 5 heteroatoms. The van der Waals surface area contributed by atoms with E-state index in [4.69, 9.17) is 4.99 Å². The molecule has 33 heavy (non-hydrogen) atoms. The van der Waals surface area contributed by atoms with Crippen LogP contribution in [0.5, 0.6) is 0 Å². The summed E-state index contributed by atoms with van der Waals surface area (Å²) < 4.78 is 1.87. The van der Waals surface area contributed by atoms with E-state index < -0.39 is 0 Å². The summed E-state index contributed by atoms with van der Waals surface area (Å²) in [6.45, 7) is 15.7. The molecular formula is C28H39N5. The van der Waals surface area contributed by atoms with Crippen LogP contribution in [0.15, 0.2) is 41.5 Å². The summed E-state index contributed by atoms with van der Waals surface area (Å²) in [7, 11) is 4.16. The quantitative estimate of drug-likeness (QED) is 0.389. The summed E-state index contributed by atoms with van der Waals surface area (Å²) in [6.07, 6.45) is 4.28. The lowest BCUT2D eigenvalue weighted by molar-refractivity contribution is 0.113. The Hall–Kier alpha value is -2.66. The molecule has 1 aliphatic rings. The van der Waals surface area contributed by atoms with Gasteiger partial charge < -0.3 is 10.2 Å². The van der Waals surface area contributed by atoms with Crippen LogP contribution < -0.4 is 5.32 Å². The molecule has 1 aliphatic heterocycles. The number of nitrogens with zero attached hydrogens (tertiary/aromatic N) is 4. The van der Waals surface area contributed by atoms with Crippen molar-refractivity contribution in [2.24, 2.45) is 12.0 Å². The van der Waals surface area contributed by atoms with Crippen molar-refractivity contribution in [1.82, 2.24) is 20.0 Å². The van der Waals surface area contributed by atoms with Gasteiger partial charge in [0, 0.05) is 42.8 Å². The zero-order valence-electron chi connectivity index (χ0n) is 21.7. The minimum Gasteiger partial charge on any atom is -0.360 e. The first-order valence-electron chi connectivity index (χ1n) is 12.0. The van der Waals surface area contributed by atoms with Gasteiger partial charge in [0.15, 0.2) is 0 Å². The molecule has 0 amide bonds. The largest absolute Gasteiger partial charge is 0.360 e. The Morgan fingerprint density at radius 3 is 2.24 bits per heavy atom. The van der Waals surface area contributed by atoms with Crippen LogP contribution in [0.4, 0.5) is 5.69 Å². The number of aliphatic imine (C=N–C) groups is 1. The van der Waals surface area contributed by atoms with E-state index in [1.165, 1.54) is 22.3 Å². The molecule has 1 fully saturated rings. The smallest absolute Gasteiger partial charge is 0.102 e. The number of piperidine rings is 1. The highest BCUT2D eigenvalue weighted by Crippen LogP contribution is 2.34. The predicted molar refractivity (Wildman–Crippen MR) is 140 cm³/mol. The van der Waals surface area contributed by atoms with Gasteiger partial charge in [0.25, 0.3) is 0 Å². The van der Waals surface area contributed by atoms with Crippen LogP contribution in [0.25, 0.3) is 22.0 Å². The summed E-state index contributed by atoms with van der Waals surface area (Å²) in [5.74, 6) is 1.07. The van der Waals surface area contributed by atoms with Gasteiger partial charge in [-0.05, 0) is 108 Å². The number of hydrogen-bond acceptors (Lipinski definition) is 3. The fraction of sp³-hybridized carbons (Fsp3) is 0.500. The van der Waals surface area contributed by atoms with Gasteiger partial charge in [-0.25, -0.2) is 4.99 Å². The summed E-state index contributed by atoms with van der Waals surface area (Å²) >= 11 is 0. The first kappa shape index (κ1) is 23.5. The Labute approximate surface area is 198 Å². The molecule has 4 rings (SSSR count). The third kappa shape index (κ3) is 4.98. The summed E-state index contributed by atoms with van der Waals surface area (Å²) in [5.41, 5.74) is 7.18. The van der Waals surface area contributed by atoms with Gasteiger partial charge in [-0.3, -0.25) is 4.68 Å². The molecule has 0 radical (unpaired) electrons. The van der Waals surface area contributed by atoms with E-state index >= 15 is 0 Å². The van der Waals surface area contributed by atoms with E-state index in [9.17, 15) is 0 Å². The fourth-order valence-electron chi connectivity index (χ4n) is 5.67. The summed E-state index contributed by atoms with van der Waals surface area (Å²) in [5, 5.41) is 9.44. The predicted octanol–water partition coefficient (Wildman–Crippen LogP) is 6.15. The monoisotopic (exact) mass is 445 g/mol. The molecular weight excluding hydrogens is 406 g/mol. The van der Waals surface area contributed by atoms with Crippen LogP contribution in [-0.4, -0.2) is 44.7 Å². The molecule has 1 N–H and O–H groups in total. The Kier molecular flexibility index (Phi) is 5.90. The highest BCUT2D eigenvalue weighted by atomic mass is 15.2. The number of aromatic nitrogens is 2. The molecule has 0 saturated carbocycles. The van der Waals surface area contributed by atoms with Gasteiger partial charge in [-0.2, -0.15) is 5.10 Å². The van der Waals surface area contributed by atoms with Gasteiger partial charge in [-0.15, -0.1) is 0 Å². The molecule has 5 nitrogen and oxygen atoms in total. The van der Waals surface area contributed by atoms with E-state index in [-0.39, 0.29) is 11.1 Å². The van der Waals surface area contributed by atoms with Crippen molar-refractivity contribution in [2.45, 2.75) is 78.4 Å². The average Bonchev–Trinajstić information content (AvgIpc) is 3.06. The highest BCUT2D eigenvalue weighted by Gasteiger charge is 2.39. The van der Waals surface area contributed by atoms with Gasteiger partial charge in [0.1, 0.15) is 5.84 Å². The third-order valence-corrected chi connectivity index (χ3v) is 6.94. The minimum atomic E-state index is 0.115. The van der Waals surface area contributed by atoms with Crippen LogP contribution in [0.1, 0.15) is 58.6 Å². The second kappa shape index (κ2) is 8.28. The fourth-order valence-corrected chi connectivity index (χ4v) is 5.67. The van der Waals surface area contributed by atoms with Crippen LogP contribution in [-0.2, 0) is 7.05 Å². The maximum atomic E-state index is 5.13. The van der Waals surface area contributed by atoms with Crippen molar-refractivity contribution in [3.63, 3.8) is 0 Å². The third-order valence-electron chi connectivity index (χ3n) is 6.94. The summed E-state index contributed by atoms with van der Waals surface area (Å²) in [4.78, 5) is 7.51. The van der Waals surface area contributed by atoms with Crippen molar-refractivity contribution in [3.05, 3.63) is 47.7 Å². The molecule has 1 aromatic heterocycles. The molecule has 1 saturated heterocycles. The van der Waals surface area contributed by atoms with E-state index in [2.05, 4.69) is 107 Å². The zero-order valence-corrected chi connectivity index (χ0v) is 21.7. The number of hydrogen-bond donors (Lipinski definition) is 1. The lowest BCUT2D eigenvalue weighted by atomic mass is 9.79. The number of aryl methyl sites for hydroxylation is 3. The van der Waals surface area contributed by atoms with Crippen molar-refractivity contribution in [3.8, 4) is 11.1 Å². The number of nitrogens with one attached hydrogen (secondary N) is 1. The molecule has 2 heterocycles. The van der Waals surface area contributed by atoms with Gasteiger partial charge >= 0.3 is 0 Å². The van der Waals surface area contributed by atoms with E-state index in [0.717, 1.165) is 35.3 Å². The van der Waals surface area contributed by atoms with E-state index in [1.807, 2.05) is 11.7 Å². The van der Waals surface area contributed by atoms with Crippen LogP contribution >= 0.6 is 0 Å². The van der Waals surface area contributed by atoms with Crippen molar-refractivity contribution in [2.75, 3.05) is 7.05 Å². The van der Waals surface area contributed by atoms with Crippen molar-refractivity contribution >= 4 is 22.4 Å². The average molecular weight is 446 g/mol. The maximum Gasteiger partial charge on any atom is 0.102 e. The lowest BCUT2D eigenvalue weighted by Gasteiger charge is -2.49.